The molecule has 0 amide bonds. The van der Waals surface area contributed by atoms with E-state index in [1.54, 1.807) is 24.3 Å². The average molecular weight is 515 g/mol. The van der Waals surface area contributed by atoms with Crippen molar-refractivity contribution in [2.45, 2.75) is 39.3 Å². The number of ketones is 1. The number of rotatable bonds is 9. The molecular weight excluding hydrogens is 490 g/mol. The fraction of sp³-hybridized carbons (Fsp3) is 0.400. The van der Waals surface area contributed by atoms with Crippen LogP contribution in [0.2, 0.25) is 0 Å². The molecule has 2 heterocycles. The monoisotopic (exact) mass is 513 g/mol. The molecule has 0 radical (unpaired) electrons. The van der Waals surface area contributed by atoms with Crippen LogP contribution in [-0.2, 0) is 6.54 Å². The van der Waals surface area contributed by atoms with Gasteiger partial charge in [0.2, 0.25) is 5.78 Å². The van der Waals surface area contributed by atoms with Crippen LogP contribution in [0.1, 0.15) is 37.0 Å². The lowest BCUT2D eigenvalue weighted by atomic mass is 10.1. The number of fused-ring (bicyclic) bond motifs is 1. The van der Waals surface area contributed by atoms with E-state index in [0.717, 1.165) is 12.8 Å². The quantitative estimate of drug-likeness (QED) is 0.312. The summed E-state index contributed by atoms with van der Waals surface area (Å²) in [7, 11) is 3.01. The summed E-state index contributed by atoms with van der Waals surface area (Å²) in [6.45, 7) is 4.07. The van der Waals surface area contributed by atoms with E-state index >= 15 is 0 Å². The third kappa shape index (κ3) is 5.19. The van der Waals surface area contributed by atoms with Crippen molar-refractivity contribution in [2.75, 3.05) is 20.0 Å². The van der Waals surface area contributed by atoms with E-state index in [-0.39, 0.29) is 36.8 Å². The predicted octanol–water partition coefficient (Wildman–Crippen LogP) is -0.167. The van der Waals surface area contributed by atoms with Gasteiger partial charge in [-0.15, -0.1) is 4.68 Å². The number of benzene rings is 1. The Morgan fingerprint density at radius 2 is 1.94 bits per heavy atom. The van der Waals surface area contributed by atoms with Gasteiger partial charge in [0.05, 0.1) is 19.8 Å². The van der Waals surface area contributed by atoms with Gasteiger partial charge >= 0.3 is 11.6 Å². The molecule has 9 nitrogen and oxygen atoms in total. The molecule has 0 aliphatic carbocycles. The second kappa shape index (κ2) is 10.6. The molecule has 0 fully saturated rings. The Kier molecular flexibility index (Phi) is 8.46. The minimum absolute atomic E-state index is 0. The van der Waals surface area contributed by atoms with Crippen molar-refractivity contribution in [1.82, 2.24) is 14.7 Å². The summed E-state index contributed by atoms with van der Waals surface area (Å²) in [5.74, 6) is 1.22. The number of methoxy groups -OCH3 is 2. The van der Waals surface area contributed by atoms with Crippen molar-refractivity contribution in [1.29, 1.82) is 0 Å². The summed E-state index contributed by atoms with van der Waals surface area (Å²) >= 11 is 3.40. The van der Waals surface area contributed by atoms with Crippen molar-refractivity contribution < 1.29 is 36.1 Å². The maximum absolute atomic E-state index is 13.0. The largest absolute Gasteiger partial charge is 1.00 e. The highest BCUT2D eigenvalue weighted by atomic mass is 79.9. The number of carbonyl (C=O) groups is 1. The molecule has 0 bridgehead atoms. The predicted molar refractivity (Wildman–Crippen MR) is 114 cm³/mol. The van der Waals surface area contributed by atoms with Crippen LogP contribution in [0, 0.1) is 0 Å². The van der Waals surface area contributed by atoms with Gasteiger partial charge in [-0.25, -0.2) is 0 Å². The van der Waals surface area contributed by atoms with Crippen molar-refractivity contribution >= 4 is 33.3 Å². The molecule has 168 valence electrons. The van der Waals surface area contributed by atoms with Crippen LogP contribution in [0.4, 0.5) is 5.95 Å². The third-order valence-electron chi connectivity index (χ3n) is 4.73. The normalized spacial score (nSPS) is 10.8. The lowest BCUT2D eigenvalue weighted by Crippen LogP contribution is -3.00. The zero-order valence-electron chi connectivity index (χ0n) is 17.8. The first-order valence-corrected chi connectivity index (χ1v) is 10.4. The van der Waals surface area contributed by atoms with Crippen LogP contribution in [0.15, 0.2) is 28.7 Å². The molecule has 0 aliphatic rings. The summed E-state index contributed by atoms with van der Waals surface area (Å²) in [5.41, 5.74) is 6.97. The molecule has 0 aliphatic heterocycles. The van der Waals surface area contributed by atoms with Gasteiger partial charge in [0.15, 0.2) is 18.0 Å². The van der Waals surface area contributed by atoms with Gasteiger partial charge in [-0.05, 0) is 35.2 Å². The topological polar surface area (TPSA) is 105 Å². The Morgan fingerprint density at radius 3 is 2.55 bits per heavy atom. The number of hydrogen-bond acceptors (Lipinski definition) is 7. The summed E-state index contributed by atoms with van der Waals surface area (Å²) < 4.78 is 20.2. The summed E-state index contributed by atoms with van der Waals surface area (Å²) in [5, 5.41) is 8.68. The highest BCUT2D eigenvalue weighted by molar-refractivity contribution is 9.10. The summed E-state index contributed by atoms with van der Waals surface area (Å²) in [6, 6.07) is 6.95. The maximum atomic E-state index is 13.0. The molecular formula is C20H25BrClN5O4. The van der Waals surface area contributed by atoms with Crippen LogP contribution >= 0.6 is 15.9 Å². The number of nitrogens with zero attached hydrogens (tertiary/aromatic N) is 4. The van der Waals surface area contributed by atoms with Crippen LogP contribution in [0.3, 0.4) is 0 Å². The Morgan fingerprint density at radius 1 is 1.23 bits per heavy atom. The number of halogens is 2. The molecule has 2 N–H and O–H groups in total. The first kappa shape index (κ1) is 24.7. The molecule has 0 saturated heterocycles. The molecule has 0 spiro atoms. The van der Waals surface area contributed by atoms with Crippen LogP contribution in [0.25, 0.3) is 5.65 Å². The minimum atomic E-state index is -0.214. The van der Waals surface area contributed by atoms with Gasteiger partial charge in [-0.1, -0.05) is 34.3 Å². The van der Waals surface area contributed by atoms with Gasteiger partial charge < -0.3 is 32.4 Å². The molecule has 1 aromatic carbocycles. The van der Waals surface area contributed by atoms with E-state index in [4.69, 9.17) is 19.9 Å². The molecule has 0 atom stereocenters. The summed E-state index contributed by atoms with van der Waals surface area (Å²) in [4.78, 5) is 13.0. The SMILES string of the molecule is CCC(CC)Oc1ccc2n(n1)c(N)n[n+]2CC(=O)c1cc(Br)cc(OC)c1OC.[Cl-]. The third-order valence-corrected chi connectivity index (χ3v) is 5.19. The number of ether oxygens (including phenoxy) is 3. The number of carbonyl (C=O) groups excluding carboxylic acids is 1. The van der Waals surface area contributed by atoms with Crippen LogP contribution < -0.4 is 37.0 Å². The lowest BCUT2D eigenvalue weighted by molar-refractivity contribution is -0.714. The molecule has 0 unspecified atom stereocenters. The van der Waals surface area contributed by atoms with Crippen molar-refractivity contribution in [3.63, 3.8) is 0 Å². The number of nitrogen functional groups attached to an aromatic ring is 1. The van der Waals surface area contributed by atoms with Crippen LogP contribution in [-0.4, -0.2) is 40.8 Å². The maximum Gasteiger partial charge on any atom is 0.355 e. The molecule has 2 aromatic heterocycles. The number of Topliss-reactive ketones (excluding diaryl/α,β-unsaturated/α-hetero) is 1. The first-order chi connectivity index (χ1) is 14.4. The van der Waals surface area contributed by atoms with Crippen molar-refractivity contribution in [3.05, 3.63) is 34.3 Å². The second-order valence-electron chi connectivity index (χ2n) is 6.63. The zero-order chi connectivity index (χ0) is 21.8. The van der Waals surface area contributed by atoms with E-state index in [1.165, 1.54) is 23.4 Å². The van der Waals surface area contributed by atoms with Crippen LogP contribution in [0.5, 0.6) is 17.4 Å². The Bertz CT molecular complexity index is 1070. The highest BCUT2D eigenvalue weighted by Gasteiger charge is 2.25. The fourth-order valence-electron chi connectivity index (χ4n) is 3.15. The summed E-state index contributed by atoms with van der Waals surface area (Å²) in [6.07, 6.45) is 1.83. The van der Waals surface area contributed by atoms with Crippen molar-refractivity contribution in [2.24, 2.45) is 0 Å². The van der Waals surface area contributed by atoms with E-state index in [9.17, 15) is 4.79 Å². The highest BCUT2D eigenvalue weighted by Crippen LogP contribution is 2.34. The number of aromatic nitrogens is 4. The lowest BCUT2D eigenvalue weighted by Gasteiger charge is -2.13. The smallest absolute Gasteiger partial charge is 0.355 e. The van der Waals surface area contributed by atoms with Crippen molar-refractivity contribution in [3.8, 4) is 17.4 Å². The second-order valence-corrected chi connectivity index (χ2v) is 7.54. The number of nitrogens with two attached hydrogens (primary N) is 1. The Hall–Kier alpha value is -2.59. The number of hydrogen-bond donors (Lipinski definition) is 1. The van der Waals surface area contributed by atoms with Gasteiger partial charge in [0.1, 0.15) is 6.10 Å². The van der Waals surface area contributed by atoms with Gasteiger partial charge in [0.25, 0.3) is 5.88 Å². The van der Waals surface area contributed by atoms with E-state index in [0.29, 0.717) is 33.1 Å². The number of anilines is 1. The van der Waals surface area contributed by atoms with Gasteiger partial charge in [-0.2, -0.15) is 0 Å². The average Bonchev–Trinajstić information content (AvgIpc) is 3.05. The van der Waals surface area contributed by atoms with E-state index in [2.05, 4.69) is 40.0 Å². The molecule has 31 heavy (non-hydrogen) atoms. The van der Waals surface area contributed by atoms with E-state index < -0.39 is 0 Å². The first-order valence-electron chi connectivity index (χ1n) is 9.58. The zero-order valence-corrected chi connectivity index (χ0v) is 20.1. The Labute approximate surface area is 195 Å². The minimum Gasteiger partial charge on any atom is -1.00 e. The molecule has 0 saturated carbocycles. The molecule has 3 rings (SSSR count). The molecule has 3 aromatic rings. The Balaban J connectivity index is 0.00000341. The van der Waals surface area contributed by atoms with Gasteiger partial charge in [-0.3, -0.25) is 4.79 Å². The fourth-order valence-corrected chi connectivity index (χ4v) is 3.58. The molecule has 11 heteroatoms. The van der Waals surface area contributed by atoms with E-state index in [1.807, 2.05) is 0 Å². The standard InChI is InChI=1S/C20H25BrN5O4.ClH/c1-5-13(6-2)30-17-7-8-18-25(24-20(22)26(18)23-17)11-15(27)14-9-12(21)10-16(28-3)19(14)29-4;/h7-10,13H,5-6,11H2,1-4H3,(H2,22,24);1H/q+1;/p-1. The van der Waals surface area contributed by atoms with Gasteiger partial charge in [0, 0.05) is 16.6 Å².